The molecule has 134 valence electrons. The lowest BCUT2D eigenvalue weighted by Crippen LogP contribution is -2.39. The van der Waals surface area contributed by atoms with Crippen LogP contribution in [0.2, 0.25) is 0 Å². The first-order chi connectivity index (χ1) is 11.0. The van der Waals surface area contributed by atoms with Crippen molar-refractivity contribution in [3.8, 4) is 0 Å². The summed E-state index contributed by atoms with van der Waals surface area (Å²) in [5.74, 6) is 1.41. The summed E-state index contributed by atoms with van der Waals surface area (Å²) in [7, 11) is 5.94. The number of rotatable bonds is 6. The van der Waals surface area contributed by atoms with E-state index in [0.717, 1.165) is 31.2 Å². The Bertz CT molecular complexity index is 647. The monoisotopic (exact) mass is 461 g/mol. The Morgan fingerprint density at radius 1 is 1.46 bits per heavy atom. The molecule has 24 heavy (non-hydrogen) atoms. The highest BCUT2D eigenvalue weighted by molar-refractivity contribution is 14.0. The lowest BCUT2D eigenvalue weighted by molar-refractivity contribution is 0.462. The van der Waals surface area contributed by atoms with Crippen LogP contribution in [0.25, 0.3) is 0 Å². The molecular weight excluding hydrogens is 433 g/mol. The number of aliphatic imine (C=N–C) groups is 1. The average Bonchev–Trinajstić information content (AvgIpc) is 3.13. The minimum Gasteiger partial charge on any atom is -0.356 e. The zero-order chi connectivity index (χ0) is 16.8. The van der Waals surface area contributed by atoms with Crippen molar-refractivity contribution >= 4 is 41.3 Å². The summed E-state index contributed by atoms with van der Waals surface area (Å²) < 4.78 is 2.13. The first-order valence-electron chi connectivity index (χ1n) is 7.97. The van der Waals surface area contributed by atoms with E-state index in [4.69, 9.17) is 0 Å². The van der Waals surface area contributed by atoms with Gasteiger partial charge in [0.15, 0.2) is 5.96 Å². The largest absolute Gasteiger partial charge is 0.356 e. The number of hydrogen-bond acceptors (Lipinski definition) is 3. The predicted octanol–water partition coefficient (Wildman–Crippen LogP) is 3.47. The number of thiazole rings is 1. The topological polar surface area (TPSA) is 45.5 Å². The number of hydrogen-bond donors (Lipinski definition) is 1. The molecule has 0 spiro atoms. The molecule has 1 N–H and O–H groups in total. The zero-order valence-corrected chi connectivity index (χ0v) is 18.3. The van der Waals surface area contributed by atoms with Crippen LogP contribution in [0.5, 0.6) is 0 Å². The van der Waals surface area contributed by atoms with Crippen LogP contribution >= 0.6 is 35.3 Å². The Morgan fingerprint density at radius 3 is 2.75 bits per heavy atom. The Balaban J connectivity index is 0.00000288. The van der Waals surface area contributed by atoms with Crippen LogP contribution in [0.4, 0.5) is 0 Å². The van der Waals surface area contributed by atoms with Gasteiger partial charge in [-0.25, -0.2) is 4.98 Å². The molecule has 2 aromatic heterocycles. The van der Waals surface area contributed by atoms with Crippen LogP contribution in [0.1, 0.15) is 36.2 Å². The van der Waals surface area contributed by atoms with Crippen LogP contribution < -0.4 is 5.32 Å². The normalized spacial score (nSPS) is 11.5. The predicted molar refractivity (Wildman–Crippen MR) is 114 cm³/mol. The minimum absolute atomic E-state index is 0. The van der Waals surface area contributed by atoms with E-state index >= 15 is 0 Å². The van der Waals surface area contributed by atoms with Gasteiger partial charge in [0.25, 0.3) is 0 Å². The summed E-state index contributed by atoms with van der Waals surface area (Å²) >= 11 is 1.75. The summed E-state index contributed by atoms with van der Waals surface area (Å²) in [6, 6.07) is 4.19. The Labute approximate surface area is 166 Å². The van der Waals surface area contributed by atoms with Gasteiger partial charge in [-0.15, -0.1) is 35.3 Å². The molecular formula is C17H28IN5S. The van der Waals surface area contributed by atoms with Crippen molar-refractivity contribution in [1.29, 1.82) is 0 Å². The third-order valence-corrected chi connectivity index (χ3v) is 4.95. The van der Waals surface area contributed by atoms with Gasteiger partial charge in [0.2, 0.25) is 0 Å². The van der Waals surface area contributed by atoms with E-state index in [2.05, 4.69) is 76.4 Å². The molecule has 0 fully saturated rings. The molecule has 2 heterocycles. The van der Waals surface area contributed by atoms with Gasteiger partial charge in [0.1, 0.15) is 0 Å². The maximum atomic E-state index is 4.67. The number of halogens is 1. The van der Waals surface area contributed by atoms with Gasteiger partial charge in [0.05, 0.1) is 17.2 Å². The standard InChI is InChI=1S/C17H27N5S.HI/c1-13(2)16-20-14(12-23-16)8-9-19-17(18-3)22(5)11-15-7-6-10-21(15)4;/h6-7,10,12-13H,8-9,11H2,1-5H3,(H,18,19);1H. The van der Waals surface area contributed by atoms with Crippen LogP contribution in [0.15, 0.2) is 28.7 Å². The molecule has 0 aromatic carbocycles. The van der Waals surface area contributed by atoms with Gasteiger partial charge >= 0.3 is 0 Å². The molecule has 0 saturated heterocycles. The van der Waals surface area contributed by atoms with Crippen LogP contribution in [-0.2, 0) is 20.0 Å². The van der Waals surface area contributed by atoms with Gasteiger partial charge in [-0.1, -0.05) is 13.8 Å². The van der Waals surface area contributed by atoms with Gasteiger partial charge in [-0.05, 0) is 12.1 Å². The lowest BCUT2D eigenvalue weighted by atomic mass is 10.2. The minimum atomic E-state index is 0. The van der Waals surface area contributed by atoms with Crippen molar-refractivity contribution in [2.24, 2.45) is 12.0 Å². The SMILES string of the molecule is CN=C(NCCc1csc(C(C)C)n1)N(C)Cc1cccn1C.I. The maximum absolute atomic E-state index is 4.67. The molecule has 2 rings (SSSR count). The molecule has 0 aliphatic heterocycles. The molecule has 0 aliphatic carbocycles. The molecule has 0 bridgehead atoms. The second kappa shape index (κ2) is 10.0. The Hall–Kier alpha value is -1.09. The Morgan fingerprint density at radius 2 is 2.21 bits per heavy atom. The second-order valence-corrected chi connectivity index (χ2v) is 6.91. The third kappa shape index (κ3) is 5.77. The first kappa shape index (κ1) is 21.0. The fraction of sp³-hybridized carbons (Fsp3) is 0.529. The molecule has 0 atom stereocenters. The van der Waals surface area contributed by atoms with Crippen molar-refractivity contribution in [3.05, 3.63) is 40.1 Å². The van der Waals surface area contributed by atoms with E-state index < -0.39 is 0 Å². The fourth-order valence-electron chi connectivity index (χ4n) is 2.37. The van der Waals surface area contributed by atoms with E-state index in [1.54, 1.807) is 11.3 Å². The highest BCUT2D eigenvalue weighted by atomic mass is 127. The van der Waals surface area contributed by atoms with Crippen molar-refractivity contribution < 1.29 is 0 Å². The summed E-state index contributed by atoms with van der Waals surface area (Å²) in [4.78, 5) is 11.2. The maximum Gasteiger partial charge on any atom is 0.193 e. The first-order valence-corrected chi connectivity index (χ1v) is 8.85. The Kier molecular flexibility index (Phi) is 8.75. The summed E-state index contributed by atoms with van der Waals surface area (Å²) in [5.41, 5.74) is 2.42. The second-order valence-electron chi connectivity index (χ2n) is 6.02. The zero-order valence-electron chi connectivity index (χ0n) is 15.1. The van der Waals surface area contributed by atoms with E-state index in [9.17, 15) is 0 Å². The van der Waals surface area contributed by atoms with Gasteiger partial charge < -0.3 is 14.8 Å². The van der Waals surface area contributed by atoms with Crippen molar-refractivity contribution in [3.63, 3.8) is 0 Å². The van der Waals surface area contributed by atoms with Crippen LogP contribution in [0.3, 0.4) is 0 Å². The molecule has 5 nitrogen and oxygen atoms in total. The number of nitrogens with one attached hydrogen (secondary N) is 1. The summed E-state index contributed by atoms with van der Waals surface area (Å²) in [6.45, 7) is 6.03. The molecule has 7 heteroatoms. The van der Waals surface area contributed by atoms with Crippen molar-refractivity contribution in [2.45, 2.75) is 32.7 Å². The summed E-state index contributed by atoms with van der Waals surface area (Å²) in [6.07, 6.45) is 2.98. The highest BCUT2D eigenvalue weighted by Crippen LogP contribution is 2.19. The average molecular weight is 461 g/mol. The molecule has 0 saturated carbocycles. The number of guanidine groups is 1. The quantitative estimate of drug-likeness (QED) is 0.407. The smallest absolute Gasteiger partial charge is 0.193 e. The van der Waals surface area contributed by atoms with Crippen molar-refractivity contribution in [2.75, 3.05) is 20.6 Å². The number of aromatic nitrogens is 2. The molecule has 2 aromatic rings. The van der Waals surface area contributed by atoms with Gasteiger partial charge in [0, 0.05) is 57.3 Å². The van der Waals surface area contributed by atoms with Crippen LogP contribution in [-0.4, -0.2) is 41.1 Å². The van der Waals surface area contributed by atoms with E-state index in [0.29, 0.717) is 5.92 Å². The third-order valence-electron chi connectivity index (χ3n) is 3.75. The van der Waals surface area contributed by atoms with Crippen molar-refractivity contribution in [1.82, 2.24) is 19.8 Å². The molecule has 0 aliphatic rings. The van der Waals surface area contributed by atoms with Gasteiger partial charge in [-0.2, -0.15) is 0 Å². The van der Waals surface area contributed by atoms with Gasteiger partial charge in [-0.3, -0.25) is 4.99 Å². The molecule has 0 unspecified atom stereocenters. The summed E-state index contributed by atoms with van der Waals surface area (Å²) in [5, 5.41) is 6.79. The van der Waals surface area contributed by atoms with E-state index in [-0.39, 0.29) is 24.0 Å². The fourth-order valence-corrected chi connectivity index (χ4v) is 3.24. The highest BCUT2D eigenvalue weighted by Gasteiger charge is 2.09. The molecule has 0 radical (unpaired) electrons. The van der Waals surface area contributed by atoms with E-state index in [1.165, 1.54) is 10.7 Å². The number of aryl methyl sites for hydroxylation is 1. The lowest BCUT2D eigenvalue weighted by Gasteiger charge is -2.22. The number of nitrogens with zero attached hydrogens (tertiary/aromatic N) is 4. The molecule has 0 amide bonds. The van der Waals surface area contributed by atoms with Crippen LogP contribution in [0, 0.1) is 0 Å². The van der Waals surface area contributed by atoms with E-state index in [1.807, 2.05) is 7.05 Å².